The van der Waals surface area contributed by atoms with Crippen molar-refractivity contribution in [1.82, 2.24) is 4.98 Å². The van der Waals surface area contributed by atoms with E-state index in [-0.39, 0.29) is 5.78 Å². The summed E-state index contributed by atoms with van der Waals surface area (Å²) >= 11 is 0. The molecule has 0 radical (unpaired) electrons. The first-order valence-electron chi connectivity index (χ1n) is 4.34. The van der Waals surface area contributed by atoms with Crippen LogP contribution in [0.2, 0.25) is 0 Å². The maximum Gasteiger partial charge on any atom is 0.178 e. The molecule has 1 heterocycles. The summed E-state index contributed by atoms with van der Waals surface area (Å²) in [5, 5.41) is 0. The molecule has 1 aromatic rings. The van der Waals surface area contributed by atoms with E-state index >= 15 is 0 Å². The van der Waals surface area contributed by atoms with Gasteiger partial charge in [-0.3, -0.25) is 4.79 Å². The van der Waals surface area contributed by atoms with Crippen molar-refractivity contribution in [1.29, 1.82) is 0 Å². The van der Waals surface area contributed by atoms with Crippen molar-refractivity contribution in [2.24, 2.45) is 0 Å². The Balaban J connectivity index is 2.98. The van der Waals surface area contributed by atoms with E-state index in [1.165, 1.54) is 6.92 Å². The van der Waals surface area contributed by atoms with E-state index in [2.05, 4.69) is 4.98 Å². The molecule has 3 heteroatoms. The van der Waals surface area contributed by atoms with Gasteiger partial charge in [0.2, 0.25) is 0 Å². The molecule has 0 saturated carbocycles. The molecule has 0 fully saturated rings. The van der Waals surface area contributed by atoms with Gasteiger partial charge >= 0.3 is 0 Å². The number of hydrogen-bond donors (Lipinski definition) is 0. The summed E-state index contributed by atoms with van der Waals surface area (Å²) in [6.07, 6.45) is 0. The van der Waals surface area contributed by atoms with Crippen LogP contribution in [0.3, 0.4) is 0 Å². The molecule has 1 rings (SSSR count). The third-order valence-corrected chi connectivity index (χ3v) is 1.96. The summed E-state index contributed by atoms with van der Waals surface area (Å²) in [5.74, 6) is 0.849. The first-order chi connectivity index (χ1) is 6.15. The van der Waals surface area contributed by atoms with Crippen molar-refractivity contribution in [2.45, 2.75) is 13.8 Å². The van der Waals surface area contributed by atoms with Crippen LogP contribution < -0.4 is 4.90 Å². The van der Waals surface area contributed by atoms with Crippen LogP contribution in [-0.4, -0.2) is 24.4 Å². The highest BCUT2D eigenvalue weighted by atomic mass is 16.1. The average molecular weight is 178 g/mol. The van der Waals surface area contributed by atoms with Crippen LogP contribution in [0.25, 0.3) is 0 Å². The standard InChI is InChI=1S/C10H14N2O/c1-4-12(3)10-7-5-6-9(11-10)8(2)13/h5-7H,4H2,1-3H3. The van der Waals surface area contributed by atoms with Crippen LogP contribution in [0.15, 0.2) is 18.2 Å². The molecule has 0 amide bonds. The third-order valence-electron chi connectivity index (χ3n) is 1.96. The molecule has 70 valence electrons. The minimum atomic E-state index is 0.00588. The molecule has 0 unspecified atom stereocenters. The van der Waals surface area contributed by atoms with Crippen molar-refractivity contribution >= 4 is 11.6 Å². The SMILES string of the molecule is CCN(C)c1cccc(C(C)=O)n1. The number of pyridine rings is 1. The molecular weight excluding hydrogens is 164 g/mol. The number of anilines is 1. The van der Waals surface area contributed by atoms with E-state index in [1.54, 1.807) is 6.07 Å². The number of carbonyl (C=O) groups excluding carboxylic acids is 1. The maximum absolute atomic E-state index is 11.0. The van der Waals surface area contributed by atoms with Gasteiger partial charge in [-0.25, -0.2) is 4.98 Å². The zero-order valence-corrected chi connectivity index (χ0v) is 8.24. The summed E-state index contributed by atoms with van der Waals surface area (Å²) in [6.45, 7) is 4.45. The first kappa shape index (κ1) is 9.71. The van der Waals surface area contributed by atoms with Crippen molar-refractivity contribution in [3.63, 3.8) is 0 Å². The Labute approximate surface area is 78.4 Å². The minimum Gasteiger partial charge on any atom is -0.360 e. The van der Waals surface area contributed by atoms with Gasteiger partial charge < -0.3 is 4.90 Å². The number of rotatable bonds is 3. The highest BCUT2D eigenvalue weighted by Crippen LogP contribution is 2.09. The van der Waals surface area contributed by atoms with E-state index in [0.29, 0.717) is 5.69 Å². The number of Topliss-reactive ketones (excluding diaryl/α,β-unsaturated/α-hetero) is 1. The first-order valence-corrected chi connectivity index (χ1v) is 4.34. The number of aromatic nitrogens is 1. The van der Waals surface area contributed by atoms with Crippen molar-refractivity contribution < 1.29 is 4.79 Å². The molecule has 1 aromatic heterocycles. The van der Waals surface area contributed by atoms with E-state index < -0.39 is 0 Å². The molecule has 0 saturated heterocycles. The van der Waals surface area contributed by atoms with Crippen LogP contribution in [0, 0.1) is 0 Å². The Morgan fingerprint density at radius 2 is 2.23 bits per heavy atom. The molecule has 0 N–H and O–H groups in total. The van der Waals surface area contributed by atoms with Gasteiger partial charge in [-0.15, -0.1) is 0 Å². The topological polar surface area (TPSA) is 33.2 Å². The summed E-state index contributed by atoms with van der Waals surface area (Å²) in [4.78, 5) is 17.2. The Kier molecular flexibility index (Phi) is 3.01. The smallest absolute Gasteiger partial charge is 0.178 e. The summed E-state index contributed by atoms with van der Waals surface area (Å²) in [6, 6.07) is 5.48. The van der Waals surface area contributed by atoms with E-state index in [4.69, 9.17) is 0 Å². The average Bonchev–Trinajstić information content (AvgIpc) is 2.17. The second-order valence-corrected chi connectivity index (χ2v) is 2.95. The van der Waals surface area contributed by atoms with Crippen LogP contribution in [0.1, 0.15) is 24.3 Å². The highest BCUT2D eigenvalue weighted by Gasteiger charge is 2.03. The lowest BCUT2D eigenvalue weighted by molar-refractivity contribution is 0.101. The fraction of sp³-hybridized carbons (Fsp3) is 0.400. The Bertz CT molecular complexity index is 310. The van der Waals surface area contributed by atoms with Crippen LogP contribution in [-0.2, 0) is 0 Å². The van der Waals surface area contributed by atoms with E-state index in [9.17, 15) is 4.79 Å². The van der Waals surface area contributed by atoms with Crippen molar-refractivity contribution in [3.05, 3.63) is 23.9 Å². The van der Waals surface area contributed by atoms with Gasteiger partial charge in [-0.2, -0.15) is 0 Å². The van der Waals surface area contributed by atoms with Gasteiger partial charge in [-0.1, -0.05) is 6.07 Å². The predicted octanol–water partition coefficient (Wildman–Crippen LogP) is 1.74. The Hall–Kier alpha value is -1.38. The quantitative estimate of drug-likeness (QED) is 0.661. The third kappa shape index (κ3) is 2.28. The number of carbonyl (C=O) groups is 1. The van der Waals surface area contributed by atoms with Crippen molar-refractivity contribution in [2.75, 3.05) is 18.5 Å². The van der Waals surface area contributed by atoms with E-state index in [1.807, 2.05) is 31.0 Å². The second kappa shape index (κ2) is 4.03. The van der Waals surface area contributed by atoms with Gasteiger partial charge in [0.25, 0.3) is 0 Å². The molecule has 0 aliphatic heterocycles. The number of hydrogen-bond acceptors (Lipinski definition) is 3. The number of ketones is 1. The number of nitrogens with zero attached hydrogens (tertiary/aromatic N) is 2. The molecule has 0 spiro atoms. The normalized spacial score (nSPS) is 9.77. The zero-order chi connectivity index (χ0) is 9.84. The Morgan fingerprint density at radius 1 is 1.54 bits per heavy atom. The molecule has 0 atom stereocenters. The van der Waals surface area contributed by atoms with Crippen LogP contribution in [0.5, 0.6) is 0 Å². The minimum absolute atomic E-state index is 0.00588. The van der Waals surface area contributed by atoms with Gasteiger partial charge in [-0.05, 0) is 19.1 Å². The summed E-state index contributed by atoms with van der Waals surface area (Å²) < 4.78 is 0. The van der Waals surface area contributed by atoms with E-state index in [0.717, 1.165) is 12.4 Å². The summed E-state index contributed by atoms with van der Waals surface area (Å²) in [5.41, 5.74) is 0.526. The molecule has 0 aromatic carbocycles. The van der Waals surface area contributed by atoms with Gasteiger partial charge in [0.05, 0.1) is 0 Å². The predicted molar refractivity (Wildman–Crippen MR) is 53.2 cm³/mol. The van der Waals surface area contributed by atoms with Gasteiger partial charge in [0.15, 0.2) is 5.78 Å². The lowest BCUT2D eigenvalue weighted by atomic mass is 10.3. The van der Waals surface area contributed by atoms with Crippen LogP contribution in [0.4, 0.5) is 5.82 Å². The van der Waals surface area contributed by atoms with Gasteiger partial charge in [0, 0.05) is 20.5 Å². The fourth-order valence-electron chi connectivity index (χ4n) is 0.994. The maximum atomic E-state index is 11.0. The second-order valence-electron chi connectivity index (χ2n) is 2.95. The Morgan fingerprint density at radius 3 is 2.77 bits per heavy atom. The molecule has 0 bridgehead atoms. The fourth-order valence-corrected chi connectivity index (χ4v) is 0.994. The summed E-state index contributed by atoms with van der Waals surface area (Å²) in [7, 11) is 1.95. The highest BCUT2D eigenvalue weighted by molar-refractivity contribution is 5.92. The molecular formula is C10H14N2O. The molecule has 13 heavy (non-hydrogen) atoms. The molecule has 0 aliphatic carbocycles. The molecule has 3 nitrogen and oxygen atoms in total. The lowest BCUT2D eigenvalue weighted by Gasteiger charge is -2.15. The van der Waals surface area contributed by atoms with Crippen LogP contribution >= 0.6 is 0 Å². The van der Waals surface area contributed by atoms with Gasteiger partial charge in [0.1, 0.15) is 11.5 Å². The molecule has 0 aliphatic rings. The monoisotopic (exact) mass is 178 g/mol. The largest absolute Gasteiger partial charge is 0.360 e. The zero-order valence-electron chi connectivity index (χ0n) is 8.24. The van der Waals surface area contributed by atoms with Crippen molar-refractivity contribution in [3.8, 4) is 0 Å². The lowest BCUT2D eigenvalue weighted by Crippen LogP contribution is -2.17.